The van der Waals surface area contributed by atoms with Crippen molar-refractivity contribution in [1.29, 1.82) is 0 Å². The first-order valence-corrected chi connectivity index (χ1v) is 9.71. The summed E-state index contributed by atoms with van der Waals surface area (Å²) in [4.78, 5) is 31.6. The molecule has 1 aliphatic heterocycles. The summed E-state index contributed by atoms with van der Waals surface area (Å²) in [7, 11) is 0. The Bertz CT molecular complexity index is 1180. The van der Waals surface area contributed by atoms with Gasteiger partial charge in [-0.3, -0.25) is 18.6 Å². The number of likely N-dealkylation sites (tertiary alicyclic amines) is 1. The van der Waals surface area contributed by atoms with Crippen LogP contribution in [0.15, 0.2) is 53.1 Å². The topological polar surface area (TPSA) is 79.8 Å². The van der Waals surface area contributed by atoms with E-state index in [-0.39, 0.29) is 35.9 Å². The summed E-state index contributed by atoms with van der Waals surface area (Å²) in [5.41, 5.74) is 2.50. The number of halogens is 1. The van der Waals surface area contributed by atoms with Crippen molar-refractivity contribution in [1.82, 2.24) is 18.9 Å². The number of aliphatic hydroxyl groups excluding tert-OH is 1. The van der Waals surface area contributed by atoms with Crippen molar-refractivity contribution in [3.63, 3.8) is 0 Å². The minimum Gasteiger partial charge on any atom is -0.389 e. The molecule has 0 unspecified atom stereocenters. The molecule has 1 aromatic carbocycles. The first kappa shape index (κ1) is 19.4. The summed E-state index contributed by atoms with van der Waals surface area (Å²) < 4.78 is 3.18. The number of carbonyl (C=O) groups is 1. The van der Waals surface area contributed by atoms with Gasteiger partial charge < -0.3 is 10.0 Å². The average Bonchev–Trinajstić information content (AvgIpc) is 3.09. The molecular formula is C21H21ClN4O3. The zero-order chi connectivity index (χ0) is 20.7. The molecule has 0 radical (unpaired) electrons. The SMILES string of the molecule is CC(C)=CCn1c(-c2ccccc2Cl)cn2cc(C(=O)N3CC(O)C3)nc2c1=O. The van der Waals surface area contributed by atoms with Gasteiger partial charge in [0.05, 0.1) is 11.8 Å². The van der Waals surface area contributed by atoms with Crippen molar-refractivity contribution >= 4 is 23.2 Å². The Labute approximate surface area is 172 Å². The molecule has 29 heavy (non-hydrogen) atoms. The Kier molecular flexibility index (Phi) is 5.02. The molecule has 1 saturated heterocycles. The zero-order valence-corrected chi connectivity index (χ0v) is 16.9. The molecule has 1 fully saturated rings. The lowest BCUT2D eigenvalue weighted by Gasteiger charge is -2.35. The van der Waals surface area contributed by atoms with Crippen molar-refractivity contribution in [3.05, 3.63) is 69.4 Å². The maximum Gasteiger partial charge on any atom is 0.295 e. The monoisotopic (exact) mass is 412 g/mol. The molecule has 3 aromatic rings. The van der Waals surface area contributed by atoms with E-state index < -0.39 is 6.10 Å². The molecule has 0 spiro atoms. The first-order chi connectivity index (χ1) is 13.8. The van der Waals surface area contributed by atoms with E-state index in [0.29, 0.717) is 17.3 Å². The molecule has 3 heterocycles. The van der Waals surface area contributed by atoms with Gasteiger partial charge >= 0.3 is 0 Å². The number of imidazole rings is 1. The minimum absolute atomic E-state index is 0.174. The highest BCUT2D eigenvalue weighted by atomic mass is 35.5. The molecule has 2 aromatic heterocycles. The van der Waals surface area contributed by atoms with Gasteiger partial charge in [0.25, 0.3) is 11.5 Å². The standard InChI is InChI=1S/C21H21ClN4O3/c1-13(2)7-8-26-18(15-5-3-4-6-16(15)22)12-24-11-17(23-19(24)21(26)29)20(28)25-9-14(27)10-25/h3-7,11-12,14,27H,8-10H2,1-2H3. The normalized spacial score (nSPS) is 14.1. The molecule has 8 heteroatoms. The third-order valence-corrected chi connectivity index (χ3v) is 5.25. The van der Waals surface area contributed by atoms with E-state index in [4.69, 9.17) is 11.6 Å². The number of carbonyl (C=O) groups excluding carboxylic acids is 1. The Morgan fingerprint density at radius 3 is 2.66 bits per heavy atom. The number of nitrogens with zero attached hydrogens (tertiary/aromatic N) is 4. The zero-order valence-electron chi connectivity index (χ0n) is 16.2. The molecule has 4 rings (SSSR count). The number of β-amino-alcohol motifs (C(OH)–C–C–N with tert-alkyl or cyclic N) is 1. The fourth-order valence-corrected chi connectivity index (χ4v) is 3.54. The Hall–Kier alpha value is -2.90. The third-order valence-electron chi connectivity index (χ3n) is 4.92. The van der Waals surface area contributed by atoms with Gasteiger partial charge in [-0.05, 0) is 19.9 Å². The summed E-state index contributed by atoms with van der Waals surface area (Å²) in [6.45, 7) is 4.86. The molecule has 1 aliphatic rings. The van der Waals surface area contributed by atoms with Gasteiger partial charge in [0, 0.05) is 42.6 Å². The van der Waals surface area contributed by atoms with Crippen molar-refractivity contribution < 1.29 is 9.90 Å². The number of allylic oxidation sites excluding steroid dienone is 2. The summed E-state index contributed by atoms with van der Waals surface area (Å²) in [6, 6.07) is 7.32. The van der Waals surface area contributed by atoms with E-state index in [1.54, 1.807) is 27.4 Å². The molecule has 0 aliphatic carbocycles. The first-order valence-electron chi connectivity index (χ1n) is 9.33. The van der Waals surface area contributed by atoms with Crippen LogP contribution in [0.4, 0.5) is 0 Å². The van der Waals surface area contributed by atoms with Crippen molar-refractivity contribution in [3.8, 4) is 11.3 Å². The van der Waals surface area contributed by atoms with Gasteiger partial charge in [-0.25, -0.2) is 4.98 Å². The Morgan fingerprint density at radius 1 is 1.28 bits per heavy atom. The Morgan fingerprint density at radius 2 is 2.00 bits per heavy atom. The van der Waals surface area contributed by atoms with Gasteiger partial charge in [-0.15, -0.1) is 0 Å². The lowest BCUT2D eigenvalue weighted by atomic mass is 10.1. The number of aliphatic hydroxyl groups is 1. The van der Waals surface area contributed by atoms with Crippen molar-refractivity contribution in [2.24, 2.45) is 0 Å². The van der Waals surface area contributed by atoms with Gasteiger partial charge in [0.15, 0.2) is 0 Å². The predicted octanol–water partition coefficient (Wildman–Crippen LogP) is 2.60. The van der Waals surface area contributed by atoms with Gasteiger partial charge in [0.2, 0.25) is 5.65 Å². The highest BCUT2D eigenvalue weighted by molar-refractivity contribution is 6.33. The number of aromatic nitrogens is 3. The van der Waals surface area contributed by atoms with Gasteiger partial charge in [0.1, 0.15) is 5.69 Å². The van der Waals surface area contributed by atoms with Gasteiger partial charge in [-0.1, -0.05) is 41.4 Å². The van der Waals surface area contributed by atoms with Gasteiger partial charge in [-0.2, -0.15) is 0 Å². The summed E-state index contributed by atoms with van der Waals surface area (Å²) in [6.07, 6.45) is 4.78. The predicted molar refractivity (Wildman–Crippen MR) is 111 cm³/mol. The second-order valence-electron chi connectivity index (χ2n) is 7.41. The molecular weight excluding hydrogens is 392 g/mol. The van der Waals surface area contributed by atoms with E-state index in [2.05, 4.69) is 4.98 Å². The second kappa shape index (κ2) is 7.50. The largest absolute Gasteiger partial charge is 0.389 e. The number of hydrogen-bond acceptors (Lipinski definition) is 4. The number of amides is 1. The molecule has 7 nitrogen and oxygen atoms in total. The summed E-state index contributed by atoms with van der Waals surface area (Å²) in [5.74, 6) is -0.298. The van der Waals surface area contributed by atoms with Crippen LogP contribution in [-0.4, -0.2) is 49.1 Å². The van der Waals surface area contributed by atoms with Crippen LogP contribution in [0.2, 0.25) is 5.02 Å². The Balaban J connectivity index is 1.88. The van der Waals surface area contributed by atoms with E-state index in [1.165, 1.54) is 4.90 Å². The fourth-order valence-electron chi connectivity index (χ4n) is 3.31. The fraction of sp³-hybridized carbons (Fsp3) is 0.286. The highest BCUT2D eigenvalue weighted by Crippen LogP contribution is 2.27. The number of fused-ring (bicyclic) bond motifs is 1. The molecule has 0 atom stereocenters. The van der Waals surface area contributed by atoms with E-state index in [1.807, 2.05) is 38.1 Å². The van der Waals surface area contributed by atoms with Crippen LogP contribution in [0, 0.1) is 0 Å². The lowest BCUT2D eigenvalue weighted by molar-refractivity contribution is 0.00555. The van der Waals surface area contributed by atoms with Crippen molar-refractivity contribution in [2.75, 3.05) is 13.1 Å². The smallest absolute Gasteiger partial charge is 0.295 e. The number of rotatable bonds is 4. The van der Waals surface area contributed by atoms with Crippen LogP contribution in [-0.2, 0) is 6.54 Å². The van der Waals surface area contributed by atoms with E-state index >= 15 is 0 Å². The number of benzene rings is 1. The molecule has 150 valence electrons. The van der Waals surface area contributed by atoms with E-state index in [9.17, 15) is 14.7 Å². The molecule has 0 bridgehead atoms. The van der Waals surface area contributed by atoms with Crippen molar-refractivity contribution in [2.45, 2.75) is 26.5 Å². The van der Waals surface area contributed by atoms with Crippen LogP contribution in [0.3, 0.4) is 0 Å². The second-order valence-corrected chi connectivity index (χ2v) is 7.82. The number of hydrogen-bond donors (Lipinski definition) is 1. The maximum absolute atomic E-state index is 13.2. The molecule has 0 saturated carbocycles. The average molecular weight is 413 g/mol. The summed E-state index contributed by atoms with van der Waals surface area (Å²) >= 11 is 6.39. The van der Waals surface area contributed by atoms with Crippen LogP contribution in [0.1, 0.15) is 24.3 Å². The quantitative estimate of drug-likeness (QED) is 0.668. The third kappa shape index (κ3) is 3.59. The van der Waals surface area contributed by atoms with Crippen LogP contribution >= 0.6 is 11.6 Å². The van der Waals surface area contributed by atoms with E-state index in [0.717, 1.165) is 11.1 Å². The molecule has 1 amide bonds. The maximum atomic E-state index is 13.2. The summed E-state index contributed by atoms with van der Waals surface area (Å²) in [5, 5.41) is 9.97. The minimum atomic E-state index is -0.496. The lowest BCUT2D eigenvalue weighted by Crippen LogP contribution is -2.53. The van der Waals surface area contributed by atoms with Crippen LogP contribution in [0.5, 0.6) is 0 Å². The molecule has 1 N–H and O–H groups in total. The highest BCUT2D eigenvalue weighted by Gasteiger charge is 2.31. The van der Waals surface area contributed by atoms with Crippen LogP contribution in [0.25, 0.3) is 16.9 Å². The van der Waals surface area contributed by atoms with Crippen LogP contribution < -0.4 is 5.56 Å².